The SMILES string of the molecule is COc1ccc(CO)cc1Cn1ccn(C(C)C)c1=O. The van der Waals surface area contributed by atoms with Crippen LogP contribution in [0.3, 0.4) is 0 Å². The molecule has 0 spiro atoms. The second kappa shape index (κ2) is 5.96. The summed E-state index contributed by atoms with van der Waals surface area (Å²) >= 11 is 0. The van der Waals surface area contributed by atoms with Crippen LogP contribution in [0.2, 0.25) is 0 Å². The molecule has 108 valence electrons. The maximum absolute atomic E-state index is 12.2. The van der Waals surface area contributed by atoms with Gasteiger partial charge in [-0.25, -0.2) is 4.79 Å². The summed E-state index contributed by atoms with van der Waals surface area (Å²) in [6.07, 6.45) is 3.56. The lowest BCUT2D eigenvalue weighted by atomic mass is 10.1. The molecule has 1 N–H and O–H groups in total. The van der Waals surface area contributed by atoms with Crippen LogP contribution in [0.1, 0.15) is 31.0 Å². The molecule has 1 heterocycles. The van der Waals surface area contributed by atoms with Crippen LogP contribution in [-0.4, -0.2) is 21.4 Å². The fourth-order valence-electron chi connectivity index (χ4n) is 2.18. The molecule has 1 aromatic carbocycles. The number of aliphatic hydroxyl groups is 1. The van der Waals surface area contributed by atoms with Gasteiger partial charge in [0, 0.05) is 24.0 Å². The Morgan fingerprint density at radius 3 is 2.60 bits per heavy atom. The predicted octanol–water partition coefficient (Wildman–Crippen LogP) is 1.78. The van der Waals surface area contributed by atoms with Crippen LogP contribution in [-0.2, 0) is 13.2 Å². The standard InChI is InChI=1S/C15H20N2O3/c1-11(2)17-7-6-16(15(17)19)9-13-8-12(10-18)4-5-14(13)20-3/h4-8,11,18H,9-10H2,1-3H3. The third-order valence-electron chi connectivity index (χ3n) is 3.30. The van der Waals surface area contributed by atoms with E-state index in [0.29, 0.717) is 12.3 Å². The molecule has 0 atom stereocenters. The van der Waals surface area contributed by atoms with E-state index in [4.69, 9.17) is 4.74 Å². The Morgan fingerprint density at radius 1 is 1.30 bits per heavy atom. The summed E-state index contributed by atoms with van der Waals surface area (Å²) < 4.78 is 8.63. The minimum Gasteiger partial charge on any atom is -0.496 e. The van der Waals surface area contributed by atoms with Crippen molar-refractivity contribution < 1.29 is 9.84 Å². The Balaban J connectivity index is 2.36. The van der Waals surface area contributed by atoms with Crippen LogP contribution in [0.15, 0.2) is 35.4 Å². The second-order valence-electron chi connectivity index (χ2n) is 5.01. The molecule has 0 radical (unpaired) electrons. The van der Waals surface area contributed by atoms with Crippen molar-refractivity contribution in [2.45, 2.75) is 33.0 Å². The third-order valence-corrected chi connectivity index (χ3v) is 3.30. The fourth-order valence-corrected chi connectivity index (χ4v) is 2.18. The second-order valence-corrected chi connectivity index (χ2v) is 5.01. The van der Waals surface area contributed by atoms with Gasteiger partial charge in [-0.1, -0.05) is 6.07 Å². The maximum Gasteiger partial charge on any atom is 0.328 e. The molecule has 5 heteroatoms. The first-order chi connectivity index (χ1) is 9.56. The lowest BCUT2D eigenvalue weighted by Gasteiger charge is -2.10. The minimum atomic E-state index is -0.0449. The van der Waals surface area contributed by atoms with Gasteiger partial charge >= 0.3 is 5.69 Å². The zero-order valence-electron chi connectivity index (χ0n) is 12.0. The van der Waals surface area contributed by atoms with Crippen LogP contribution in [0.25, 0.3) is 0 Å². The molecule has 0 saturated heterocycles. The molecule has 0 saturated carbocycles. The van der Waals surface area contributed by atoms with Crippen LogP contribution >= 0.6 is 0 Å². The Morgan fingerprint density at radius 2 is 2.05 bits per heavy atom. The lowest BCUT2D eigenvalue weighted by molar-refractivity contribution is 0.281. The van der Waals surface area contributed by atoms with Crippen LogP contribution in [0.5, 0.6) is 5.75 Å². The number of rotatable bonds is 5. The maximum atomic E-state index is 12.2. The summed E-state index contributed by atoms with van der Waals surface area (Å²) in [5.41, 5.74) is 1.64. The molecule has 0 unspecified atom stereocenters. The molecular formula is C15H20N2O3. The Bertz CT molecular complexity index is 641. The van der Waals surface area contributed by atoms with Crippen molar-refractivity contribution in [1.82, 2.24) is 9.13 Å². The van der Waals surface area contributed by atoms with E-state index in [1.807, 2.05) is 32.0 Å². The van der Waals surface area contributed by atoms with Gasteiger partial charge in [0.25, 0.3) is 0 Å². The monoisotopic (exact) mass is 276 g/mol. The van der Waals surface area contributed by atoms with Crippen LogP contribution in [0, 0.1) is 0 Å². The van der Waals surface area contributed by atoms with Gasteiger partial charge in [-0.05, 0) is 31.5 Å². The van der Waals surface area contributed by atoms with Crippen molar-refractivity contribution in [3.05, 3.63) is 52.2 Å². The van der Waals surface area contributed by atoms with E-state index >= 15 is 0 Å². The predicted molar refractivity (Wildman–Crippen MR) is 77.1 cm³/mol. The first-order valence-electron chi connectivity index (χ1n) is 6.60. The van der Waals surface area contributed by atoms with Gasteiger partial charge in [0.2, 0.25) is 0 Å². The number of aromatic nitrogens is 2. The summed E-state index contributed by atoms with van der Waals surface area (Å²) in [7, 11) is 1.60. The highest BCUT2D eigenvalue weighted by molar-refractivity contribution is 5.37. The average Bonchev–Trinajstić information content (AvgIpc) is 2.80. The van der Waals surface area contributed by atoms with Crippen molar-refractivity contribution in [3.8, 4) is 5.75 Å². The molecule has 2 aromatic rings. The van der Waals surface area contributed by atoms with Gasteiger partial charge in [-0.15, -0.1) is 0 Å². The molecule has 0 fully saturated rings. The number of benzene rings is 1. The van der Waals surface area contributed by atoms with Crippen molar-refractivity contribution in [3.63, 3.8) is 0 Å². The van der Waals surface area contributed by atoms with E-state index in [-0.39, 0.29) is 18.3 Å². The lowest BCUT2D eigenvalue weighted by Crippen LogP contribution is -2.25. The van der Waals surface area contributed by atoms with Crippen LogP contribution in [0.4, 0.5) is 0 Å². The molecule has 20 heavy (non-hydrogen) atoms. The van der Waals surface area contributed by atoms with Crippen molar-refractivity contribution in [1.29, 1.82) is 0 Å². The Hall–Kier alpha value is -2.01. The van der Waals surface area contributed by atoms with E-state index in [0.717, 1.165) is 11.1 Å². The summed E-state index contributed by atoms with van der Waals surface area (Å²) in [6, 6.07) is 5.61. The molecule has 0 aliphatic rings. The number of imidazole rings is 1. The number of aliphatic hydroxyl groups excluding tert-OH is 1. The minimum absolute atomic E-state index is 0.0289. The number of ether oxygens (including phenoxy) is 1. The molecule has 0 bridgehead atoms. The molecule has 0 aliphatic carbocycles. The number of methoxy groups -OCH3 is 1. The summed E-state index contributed by atoms with van der Waals surface area (Å²) in [5.74, 6) is 0.714. The molecule has 1 aromatic heterocycles. The van der Waals surface area contributed by atoms with Crippen LogP contribution < -0.4 is 10.4 Å². The van der Waals surface area contributed by atoms with Crippen molar-refractivity contribution in [2.24, 2.45) is 0 Å². The quantitative estimate of drug-likeness (QED) is 0.905. The summed E-state index contributed by atoms with van der Waals surface area (Å²) in [4.78, 5) is 12.2. The largest absolute Gasteiger partial charge is 0.496 e. The fraction of sp³-hybridized carbons (Fsp3) is 0.400. The summed E-state index contributed by atoms with van der Waals surface area (Å²) in [6.45, 7) is 4.34. The summed E-state index contributed by atoms with van der Waals surface area (Å²) in [5, 5.41) is 9.21. The van der Waals surface area contributed by atoms with Crippen molar-refractivity contribution >= 4 is 0 Å². The van der Waals surface area contributed by atoms with E-state index in [9.17, 15) is 9.90 Å². The zero-order chi connectivity index (χ0) is 14.7. The number of hydrogen-bond acceptors (Lipinski definition) is 3. The van der Waals surface area contributed by atoms with Gasteiger partial charge in [-0.3, -0.25) is 9.13 Å². The highest BCUT2D eigenvalue weighted by Gasteiger charge is 2.10. The number of nitrogens with zero attached hydrogens (tertiary/aromatic N) is 2. The first kappa shape index (κ1) is 14.4. The normalized spacial score (nSPS) is 11.1. The molecular weight excluding hydrogens is 256 g/mol. The van der Waals surface area contributed by atoms with Gasteiger partial charge in [-0.2, -0.15) is 0 Å². The van der Waals surface area contributed by atoms with E-state index in [1.165, 1.54) is 0 Å². The number of hydrogen-bond donors (Lipinski definition) is 1. The van der Waals surface area contributed by atoms with E-state index in [1.54, 1.807) is 28.6 Å². The highest BCUT2D eigenvalue weighted by Crippen LogP contribution is 2.20. The topological polar surface area (TPSA) is 56.4 Å². The van der Waals surface area contributed by atoms with E-state index < -0.39 is 0 Å². The van der Waals surface area contributed by atoms with Gasteiger partial charge in [0.1, 0.15) is 5.75 Å². The van der Waals surface area contributed by atoms with Crippen molar-refractivity contribution in [2.75, 3.05) is 7.11 Å². The molecule has 5 nitrogen and oxygen atoms in total. The Kier molecular flexibility index (Phi) is 4.29. The third kappa shape index (κ3) is 2.77. The smallest absolute Gasteiger partial charge is 0.328 e. The molecule has 0 aliphatic heterocycles. The van der Waals surface area contributed by atoms with Gasteiger partial charge in [0.15, 0.2) is 0 Å². The Labute approximate surface area is 118 Å². The average molecular weight is 276 g/mol. The highest BCUT2D eigenvalue weighted by atomic mass is 16.5. The van der Waals surface area contributed by atoms with Gasteiger partial charge in [0.05, 0.1) is 20.3 Å². The first-order valence-corrected chi connectivity index (χ1v) is 6.60. The molecule has 2 rings (SSSR count). The van der Waals surface area contributed by atoms with Gasteiger partial charge < -0.3 is 9.84 Å². The zero-order valence-corrected chi connectivity index (χ0v) is 12.0. The van der Waals surface area contributed by atoms with E-state index in [2.05, 4.69) is 0 Å². The molecule has 0 amide bonds.